The van der Waals surface area contributed by atoms with Crippen molar-refractivity contribution in [3.05, 3.63) is 22.4 Å². The minimum atomic E-state index is -0.641. The molecule has 4 heteroatoms. The Kier molecular flexibility index (Phi) is 2.81. The predicted octanol–water partition coefficient (Wildman–Crippen LogP) is 1.53. The predicted molar refractivity (Wildman–Crippen MR) is 57.5 cm³/mol. The quantitative estimate of drug-likeness (QED) is 0.770. The Hall–Kier alpha value is -0.190. The van der Waals surface area contributed by atoms with Gasteiger partial charge in [0.05, 0.1) is 6.04 Å². The summed E-state index contributed by atoms with van der Waals surface area (Å²) in [7, 11) is -0.641. The van der Waals surface area contributed by atoms with Gasteiger partial charge in [0.25, 0.3) is 0 Å². The number of rotatable bonds is 1. The summed E-state index contributed by atoms with van der Waals surface area (Å²) in [5.74, 6) is 1.56. The van der Waals surface area contributed by atoms with Gasteiger partial charge in [0, 0.05) is 33.2 Å². The van der Waals surface area contributed by atoms with Gasteiger partial charge >= 0.3 is 0 Å². The third-order valence-corrected chi connectivity index (χ3v) is 4.72. The van der Waals surface area contributed by atoms with Crippen molar-refractivity contribution in [1.82, 2.24) is 5.32 Å². The second-order valence-electron chi connectivity index (χ2n) is 3.41. The summed E-state index contributed by atoms with van der Waals surface area (Å²) < 4.78 is 11.5. The molecule has 0 radical (unpaired) electrons. The van der Waals surface area contributed by atoms with Crippen LogP contribution in [-0.2, 0) is 10.8 Å². The van der Waals surface area contributed by atoms with E-state index in [9.17, 15) is 4.21 Å². The van der Waals surface area contributed by atoms with Crippen molar-refractivity contribution in [3.63, 3.8) is 0 Å². The fourth-order valence-electron chi connectivity index (χ4n) is 1.63. The highest BCUT2D eigenvalue weighted by Gasteiger charge is 2.24. The van der Waals surface area contributed by atoms with Gasteiger partial charge < -0.3 is 5.32 Å². The second-order valence-corrected chi connectivity index (χ2v) is 5.93. The van der Waals surface area contributed by atoms with Gasteiger partial charge in [0.15, 0.2) is 0 Å². The first-order chi connectivity index (χ1) is 6.25. The molecule has 3 atom stereocenters. The Morgan fingerprint density at radius 1 is 1.62 bits per heavy atom. The molecular formula is C9H13NOS2. The molecule has 0 amide bonds. The van der Waals surface area contributed by atoms with E-state index in [2.05, 4.69) is 23.7 Å². The molecule has 0 spiro atoms. The van der Waals surface area contributed by atoms with Crippen LogP contribution in [0.15, 0.2) is 17.5 Å². The van der Waals surface area contributed by atoms with Crippen LogP contribution in [0.5, 0.6) is 0 Å². The lowest BCUT2D eigenvalue weighted by molar-refractivity contribution is 0.495. The van der Waals surface area contributed by atoms with Crippen molar-refractivity contribution in [2.45, 2.75) is 19.0 Å². The van der Waals surface area contributed by atoms with Gasteiger partial charge in [-0.3, -0.25) is 4.21 Å². The van der Waals surface area contributed by atoms with Crippen molar-refractivity contribution < 1.29 is 4.21 Å². The third-order valence-electron chi connectivity index (χ3n) is 2.16. The highest BCUT2D eigenvalue weighted by Crippen LogP contribution is 2.23. The van der Waals surface area contributed by atoms with Gasteiger partial charge in [0.2, 0.25) is 0 Å². The zero-order valence-corrected chi connectivity index (χ0v) is 9.16. The maximum atomic E-state index is 11.5. The van der Waals surface area contributed by atoms with Crippen LogP contribution in [0.4, 0.5) is 0 Å². The first-order valence-electron chi connectivity index (χ1n) is 4.40. The van der Waals surface area contributed by atoms with E-state index in [1.807, 2.05) is 6.07 Å². The molecule has 1 aliphatic rings. The lowest BCUT2D eigenvalue weighted by atomic mass is 10.2. The van der Waals surface area contributed by atoms with Crippen LogP contribution in [0.2, 0.25) is 0 Å². The topological polar surface area (TPSA) is 29.1 Å². The zero-order valence-electron chi connectivity index (χ0n) is 7.53. The molecule has 0 aliphatic carbocycles. The molecule has 1 saturated heterocycles. The van der Waals surface area contributed by atoms with Crippen LogP contribution in [0.1, 0.15) is 17.8 Å². The molecule has 0 aromatic carbocycles. The number of hydrogen-bond acceptors (Lipinski definition) is 3. The fraction of sp³-hybridized carbons (Fsp3) is 0.556. The van der Waals surface area contributed by atoms with Gasteiger partial charge in [-0.05, 0) is 18.4 Å². The molecule has 1 aromatic rings. The van der Waals surface area contributed by atoms with Crippen molar-refractivity contribution in [3.8, 4) is 0 Å². The maximum absolute atomic E-state index is 11.5. The molecule has 72 valence electrons. The Morgan fingerprint density at radius 2 is 2.46 bits per heavy atom. The van der Waals surface area contributed by atoms with Crippen LogP contribution in [0.3, 0.4) is 0 Å². The van der Waals surface area contributed by atoms with E-state index in [0.717, 1.165) is 11.5 Å². The van der Waals surface area contributed by atoms with E-state index in [-0.39, 0.29) is 0 Å². The third kappa shape index (κ3) is 2.18. The van der Waals surface area contributed by atoms with Gasteiger partial charge in [-0.15, -0.1) is 11.3 Å². The molecule has 2 nitrogen and oxygen atoms in total. The van der Waals surface area contributed by atoms with E-state index >= 15 is 0 Å². The van der Waals surface area contributed by atoms with E-state index in [0.29, 0.717) is 12.1 Å². The summed E-state index contributed by atoms with van der Waals surface area (Å²) in [4.78, 5) is 1.31. The Morgan fingerprint density at radius 3 is 3.08 bits per heavy atom. The van der Waals surface area contributed by atoms with Gasteiger partial charge in [-0.2, -0.15) is 0 Å². The summed E-state index contributed by atoms with van der Waals surface area (Å²) >= 11 is 1.74. The maximum Gasteiger partial charge on any atom is 0.0533 e. The summed E-state index contributed by atoms with van der Waals surface area (Å²) in [6.45, 7) is 2.09. The summed E-state index contributed by atoms with van der Waals surface area (Å²) in [6.07, 6.45) is 0. The number of thiophene rings is 1. The van der Waals surface area contributed by atoms with E-state index < -0.39 is 10.8 Å². The van der Waals surface area contributed by atoms with Gasteiger partial charge in [0.1, 0.15) is 0 Å². The minimum Gasteiger partial charge on any atom is -0.305 e. The van der Waals surface area contributed by atoms with E-state index in [1.54, 1.807) is 11.3 Å². The first-order valence-corrected chi connectivity index (χ1v) is 6.77. The highest BCUT2D eigenvalue weighted by atomic mass is 32.2. The summed E-state index contributed by atoms with van der Waals surface area (Å²) in [5.41, 5.74) is 0. The normalized spacial score (nSPS) is 34.7. The zero-order chi connectivity index (χ0) is 9.26. The van der Waals surface area contributed by atoms with Crippen LogP contribution < -0.4 is 5.32 Å². The van der Waals surface area contributed by atoms with E-state index in [4.69, 9.17) is 0 Å². The number of nitrogens with one attached hydrogen (secondary N) is 1. The van der Waals surface area contributed by atoms with Crippen LogP contribution in [0.25, 0.3) is 0 Å². The molecule has 0 saturated carbocycles. The fourth-order valence-corrected chi connectivity index (χ4v) is 3.96. The lowest BCUT2D eigenvalue weighted by Crippen LogP contribution is -2.42. The van der Waals surface area contributed by atoms with Gasteiger partial charge in [-0.25, -0.2) is 0 Å². The van der Waals surface area contributed by atoms with Gasteiger partial charge in [-0.1, -0.05) is 6.07 Å². The molecule has 3 unspecified atom stereocenters. The van der Waals surface area contributed by atoms with Crippen molar-refractivity contribution in [2.75, 3.05) is 11.5 Å². The summed E-state index contributed by atoms with van der Waals surface area (Å²) in [6, 6.07) is 4.84. The van der Waals surface area contributed by atoms with Crippen LogP contribution >= 0.6 is 11.3 Å². The monoisotopic (exact) mass is 215 g/mol. The smallest absolute Gasteiger partial charge is 0.0533 e. The largest absolute Gasteiger partial charge is 0.305 e. The standard InChI is InChI=1S/C9H13NOS2/c1-7-5-13(11)6-8(10-7)9-3-2-4-12-9/h2-4,7-8,10H,5-6H2,1H3. The highest BCUT2D eigenvalue weighted by molar-refractivity contribution is 7.85. The second kappa shape index (κ2) is 3.90. The van der Waals surface area contributed by atoms with E-state index in [1.165, 1.54) is 4.88 Å². The molecule has 1 aliphatic heterocycles. The summed E-state index contributed by atoms with van der Waals surface area (Å²) in [5, 5.41) is 5.54. The van der Waals surface area contributed by atoms with Crippen molar-refractivity contribution in [2.24, 2.45) is 0 Å². The van der Waals surface area contributed by atoms with Crippen molar-refractivity contribution in [1.29, 1.82) is 0 Å². The molecule has 0 bridgehead atoms. The minimum absolute atomic E-state index is 0.310. The number of hydrogen-bond donors (Lipinski definition) is 1. The molecule has 2 rings (SSSR count). The Bertz CT molecular complexity index is 297. The average Bonchev–Trinajstić information content (AvgIpc) is 2.53. The van der Waals surface area contributed by atoms with Crippen LogP contribution in [-0.4, -0.2) is 21.8 Å². The molecular weight excluding hydrogens is 202 g/mol. The molecule has 13 heavy (non-hydrogen) atoms. The average molecular weight is 215 g/mol. The molecule has 2 heterocycles. The molecule has 1 aromatic heterocycles. The molecule has 1 fully saturated rings. The SMILES string of the molecule is CC1CS(=O)CC(c2cccs2)N1. The Labute approximate surface area is 84.8 Å². The van der Waals surface area contributed by atoms with Crippen molar-refractivity contribution >= 4 is 22.1 Å². The van der Waals surface area contributed by atoms with Crippen LogP contribution in [0, 0.1) is 0 Å². The first kappa shape index (κ1) is 9.37. The molecule has 1 N–H and O–H groups in total. The Balaban J connectivity index is 2.12. The lowest BCUT2D eigenvalue weighted by Gasteiger charge is -2.27.